The number of hydrogen-bond acceptors (Lipinski definition) is 4. The number of aromatic nitrogens is 1. The van der Waals surface area contributed by atoms with Crippen LogP contribution in [0.5, 0.6) is 0 Å². The van der Waals surface area contributed by atoms with Crippen LogP contribution in [-0.4, -0.2) is 28.9 Å². The zero-order chi connectivity index (χ0) is 16.4. The molecule has 0 aromatic carbocycles. The molecule has 2 aromatic heterocycles. The molecule has 1 saturated heterocycles. The quantitative estimate of drug-likeness (QED) is 0.807. The Labute approximate surface area is 171 Å². The average molecular weight is 414 g/mol. The highest BCUT2D eigenvalue weighted by molar-refractivity contribution is 7.07. The molecule has 1 atom stereocenters. The van der Waals surface area contributed by atoms with Crippen LogP contribution in [0.2, 0.25) is 0 Å². The standard InChI is InChI=1S/C19H23N3OS.2ClH/c23-18(17-10-19(17)4-7-20-8-5-19)22(13-16-3-9-24-14-16)12-15-2-1-6-21-11-15;;/h1-3,6,9,11,14,17,20H,4-5,7-8,10,12-13H2;2*1H. The first-order valence-corrected chi connectivity index (χ1v) is 9.61. The van der Waals surface area contributed by atoms with E-state index in [9.17, 15) is 4.79 Å². The molecule has 1 aliphatic carbocycles. The third kappa shape index (κ3) is 4.58. The number of hydrogen-bond donors (Lipinski definition) is 1. The van der Waals surface area contributed by atoms with E-state index in [-0.39, 0.29) is 36.1 Å². The van der Waals surface area contributed by atoms with Gasteiger partial charge in [0.2, 0.25) is 5.91 Å². The summed E-state index contributed by atoms with van der Waals surface area (Å²) in [5, 5.41) is 7.63. The fourth-order valence-corrected chi connectivity index (χ4v) is 4.58. The number of halogens is 2. The van der Waals surface area contributed by atoms with Gasteiger partial charge in [-0.25, -0.2) is 0 Å². The largest absolute Gasteiger partial charge is 0.334 e. The van der Waals surface area contributed by atoms with Crippen molar-refractivity contribution >= 4 is 42.1 Å². The van der Waals surface area contributed by atoms with Crippen LogP contribution in [0.25, 0.3) is 0 Å². The second-order valence-corrected chi connectivity index (χ2v) is 7.84. The third-order valence-corrected chi connectivity index (χ3v) is 6.18. The fourth-order valence-electron chi connectivity index (χ4n) is 3.92. The van der Waals surface area contributed by atoms with Gasteiger partial charge in [0.25, 0.3) is 0 Å². The predicted molar refractivity (Wildman–Crippen MR) is 110 cm³/mol. The Morgan fingerprint density at radius 2 is 2.00 bits per heavy atom. The van der Waals surface area contributed by atoms with Crippen molar-refractivity contribution in [3.05, 3.63) is 52.5 Å². The lowest BCUT2D eigenvalue weighted by Gasteiger charge is -2.27. The van der Waals surface area contributed by atoms with Crippen LogP contribution < -0.4 is 5.32 Å². The van der Waals surface area contributed by atoms with Gasteiger partial charge in [0.1, 0.15) is 0 Å². The number of piperidine rings is 1. The Balaban J connectivity index is 0.00000121. The summed E-state index contributed by atoms with van der Waals surface area (Å²) in [5.41, 5.74) is 2.60. The summed E-state index contributed by atoms with van der Waals surface area (Å²) in [6, 6.07) is 6.10. The van der Waals surface area contributed by atoms with E-state index in [2.05, 4.69) is 27.1 Å². The first-order valence-electron chi connectivity index (χ1n) is 8.66. The van der Waals surface area contributed by atoms with Crippen molar-refractivity contribution in [3.8, 4) is 0 Å². The zero-order valence-corrected chi connectivity index (χ0v) is 17.0. The molecule has 3 heterocycles. The number of carbonyl (C=O) groups is 1. The van der Waals surface area contributed by atoms with E-state index < -0.39 is 0 Å². The van der Waals surface area contributed by atoms with Gasteiger partial charge in [-0.05, 0) is 71.8 Å². The maximum absolute atomic E-state index is 13.2. The van der Waals surface area contributed by atoms with Crippen LogP contribution in [-0.2, 0) is 17.9 Å². The molecule has 1 unspecified atom stereocenters. The minimum atomic E-state index is 0. The molecular formula is C19H25Cl2N3OS. The van der Waals surface area contributed by atoms with Gasteiger partial charge in [0.15, 0.2) is 0 Å². The molecule has 7 heteroatoms. The lowest BCUT2D eigenvalue weighted by atomic mass is 9.91. The Hall–Kier alpha value is -1.14. The molecule has 142 valence electrons. The van der Waals surface area contributed by atoms with Gasteiger partial charge in [-0.3, -0.25) is 9.78 Å². The van der Waals surface area contributed by atoms with E-state index in [1.54, 1.807) is 17.5 Å². The number of rotatable bonds is 5. The minimum absolute atomic E-state index is 0. The number of nitrogens with zero attached hydrogens (tertiary/aromatic N) is 2. The van der Waals surface area contributed by atoms with E-state index in [4.69, 9.17) is 0 Å². The Morgan fingerprint density at radius 3 is 2.65 bits per heavy atom. The first kappa shape index (κ1) is 21.2. The zero-order valence-electron chi connectivity index (χ0n) is 14.6. The molecule has 2 aliphatic rings. The molecule has 0 radical (unpaired) electrons. The topological polar surface area (TPSA) is 45.2 Å². The summed E-state index contributed by atoms with van der Waals surface area (Å²) in [6.45, 7) is 3.45. The van der Waals surface area contributed by atoms with Crippen molar-refractivity contribution in [3.63, 3.8) is 0 Å². The lowest BCUT2D eigenvalue weighted by Crippen LogP contribution is -2.36. The summed E-state index contributed by atoms with van der Waals surface area (Å²) in [4.78, 5) is 19.4. The number of pyridine rings is 1. The summed E-state index contributed by atoms with van der Waals surface area (Å²) >= 11 is 1.69. The van der Waals surface area contributed by atoms with Crippen LogP contribution in [0.15, 0.2) is 41.4 Å². The van der Waals surface area contributed by atoms with Crippen molar-refractivity contribution in [2.75, 3.05) is 13.1 Å². The van der Waals surface area contributed by atoms with E-state index in [0.717, 1.165) is 37.9 Å². The van der Waals surface area contributed by atoms with E-state index >= 15 is 0 Å². The second kappa shape index (κ2) is 9.18. The second-order valence-electron chi connectivity index (χ2n) is 7.06. The van der Waals surface area contributed by atoms with Crippen molar-refractivity contribution in [2.24, 2.45) is 11.3 Å². The fraction of sp³-hybridized carbons (Fsp3) is 0.474. The van der Waals surface area contributed by atoms with E-state index in [1.165, 1.54) is 5.56 Å². The van der Waals surface area contributed by atoms with E-state index in [1.807, 2.05) is 23.2 Å². The number of carbonyl (C=O) groups excluding carboxylic acids is 1. The number of amides is 1. The smallest absolute Gasteiger partial charge is 0.226 e. The van der Waals surface area contributed by atoms with Gasteiger partial charge >= 0.3 is 0 Å². The van der Waals surface area contributed by atoms with Crippen LogP contribution in [0.4, 0.5) is 0 Å². The maximum atomic E-state index is 13.2. The highest BCUT2D eigenvalue weighted by Gasteiger charge is 2.58. The summed E-state index contributed by atoms with van der Waals surface area (Å²) in [7, 11) is 0. The van der Waals surface area contributed by atoms with Gasteiger partial charge in [-0.15, -0.1) is 24.8 Å². The monoisotopic (exact) mass is 413 g/mol. The van der Waals surface area contributed by atoms with Gasteiger partial charge in [-0.1, -0.05) is 6.07 Å². The summed E-state index contributed by atoms with van der Waals surface area (Å²) in [6.07, 6.45) is 6.99. The molecule has 1 aliphatic heterocycles. The van der Waals surface area contributed by atoms with Crippen LogP contribution >= 0.6 is 36.2 Å². The van der Waals surface area contributed by atoms with Gasteiger partial charge in [0, 0.05) is 31.4 Å². The first-order chi connectivity index (χ1) is 11.8. The highest BCUT2D eigenvalue weighted by atomic mass is 35.5. The maximum Gasteiger partial charge on any atom is 0.226 e. The lowest BCUT2D eigenvalue weighted by molar-refractivity contribution is -0.135. The Kier molecular flexibility index (Phi) is 7.47. The van der Waals surface area contributed by atoms with Crippen molar-refractivity contribution in [2.45, 2.75) is 32.4 Å². The minimum Gasteiger partial charge on any atom is -0.334 e. The molecule has 1 N–H and O–H groups in total. The number of thiophene rings is 1. The molecule has 2 fully saturated rings. The molecule has 26 heavy (non-hydrogen) atoms. The molecule has 2 aromatic rings. The van der Waals surface area contributed by atoms with Crippen molar-refractivity contribution in [1.82, 2.24) is 15.2 Å². The normalized spacial score (nSPS) is 19.9. The van der Waals surface area contributed by atoms with Gasteiger partial charge in [0.05, 0.1) is 0 Å². The van der Waals surface area contributed by atoms with Crippen molar-refractivity contribution < 1.29 is 4.79 Å². The third-order valence-electron chi connectivity index (χ3n) is 5.45. The van der Waals surface area contributed by atoms with Gasteiger partial charge in [-0.2, -0.15) is 11.3 Å². The highest BCUT2D eigenvalue weighted by Crippen LogP contribution is 2.59. The van der Waals surface area contributed by atoms with Crippen molar-refractivity contribution in [1.29, 1.82) is 0 Å². The summed E-state index contributed by atoms with van der Waals surface area (Å²) < 4.78 is 0. The average Bonchev–Trinajstić information content (AvgIpc) is 3.05. The molecule has 4 rings (SSSR count). The molecular weight excluding hydrogens is 389 g/mol. The molecule has 1 saturated carbocycles. The Morgan fingerprint density at radius 1 is 1.23 bits per heavy atom. The van der Waals surface area contributed by atoms with Crippen LogP contribution in [0.3, 0.4) is 0 Å². The molecule has 1 spiro atoms. The number of nitrogens with one attached hydrogen (secondary N) is 1. The Bertz CT molecular complexity index is 690. The van der Waals surface area contributed by atoms with Crippen LogP contribution in [0, 0.1) is 11.3 Å². The molecule has 0 bridgehead atoms. The molecule has 4 nitrogen and oxygen atoms in total. The van der Waals surface area contributed by atoms with Crippen LogP contribution in [0.1, 0.15) is 30.4 Å². The summed E-state index contributed by atoms with van der Waals surface area (Å²) in [5.74, 6) is 0.543. The SMILES string of the molecule is Cl.Cl.O=C(C1CC12CCNCC2)N(Cc1cccnc1)Cc1ccsc1. The molecule has 1 amide bonds. The van der Waals surface area contributed by atoms with E-state index in [0.29, 0.717) is 19.0 Å². The predicted octanol–water partition coefficient (Wildman–Crippen LogP) is 3.91. The van der Waals surface area contributed by atoms with Gasteiger partial charge < -0.3 is 10.2 Å².